The molecule has 0 atom stereocenters. The number of likely N-dealkylation sites (tertiary alicyclic amines) is 1. The fraction of sp³-hybridized carbons (Fsp3) is 0.333. The third-order valence-corrected chi connectivity index (χ3v) is 7.20. The Morgan fingerprint density at radius 2 is 1.81 bits per heavy atom. The second kappa shape index (κ2) is 10.6. The van der Waals surface area contributed by atoms with Gasteiger partial charge in [0.1, 0.15) is 0 Å². The van der Waals surface area contributed by atoms with E-state index >= 15 is 0 Å². The number of hydrogen-bond donors (Lipinski definition) is 1. The maximum Gasteiger partial charge on any atom is 0.252 e. The Kier molecular flexibility index (Phi) is 7.66. The Morgan fingerprint density at radius 3 is 2.59 bits per heavy atom. The molecule has 2 amide bonds. The quantitative estimate of drug-likeness (QED) is 0.446. The van der Waals surface area contributed by atoms with Gasteiger partial charge in [-0.05, 0) is 43.5 Å². The lowest BCUT2D eigenvalue weighted by Gasteiger charge is -2.26. The Morgan fingerprint density at radius 1 is 1.03 bits per heavy atom. The lowest BCUT2D eigenvalue weighted by Crippen LogP contribution is -2.36. The summed E-state index contributed by atoms with van der Waals surface area (Å²) in [7, 11) is 0. The summed E-state index contributed by atoms with van der Waals surface area (Å²) in [6.07, 6.45) is 5.48. The summed E-state index contributed by atoms with van der Waals surface area (Å²) >= 11 is 13.6. The number of amides is 2. The number of rotatable bonds is 7. The number of carbonyl (C=O) groups is 2. The Hall–Kier alpha value is -2.15. The van der Waals surface area contributed by atoms with Gasteiger partial charge in [0.15, 0.2) is 0 Å². The van der Waals surface area contributed by atoms with E-state index in [1.807, 2.05) is 17.0 Å². The fourth-order valence-electron chi connectivity index (χ4n) is 3.95. The van der Waals surface area contributed by atoms with Crippen LogP contribution < -0.4 is 5.32 Å². The molecule has 1 fully saturated rings. The highest BCUT2D eigenvalue weighted by Crippen LogP contribution is 2.30. The largest absolute Gasteiger partial charge is 0.350 e. The highest BCUT2D eigenvalue weighted by molar-refractivity contribution is 8.00. The third-order valence-electron chi connectivity index (χ3n) is 5.63. The molecule has 5 nitrogen and oxygen atoms in total. The minimum Gasteiger partial charge on any atom is -0.350 e. The highest BCUT2D eigenvalue weighted by atomic mass is 35.5. The molecule has 1 aliphatic heterocycles. The van der Waals surface area contributed by atoms with Gasteiger partial charge >= 0.3 is 0 Å². The highest BCUT2D eigenvalue weighted by Gasteiger charge is 2.18. The number of halogens is 2. The molecule has 0 bridgehead atoms. The van der Waals surface area contributed by atoms with Crippen LogP contribution in [-0.2, 0) is 11.3 Å². The Labute approximate surface area is 202 Å². The average molecular weight is 490 g/mol. The number of para-hydroxylation sites is 1. The van der Waals surface area contributed by atoms with Crippen LogP contribution in [0.25, 0.3) is 10.9 Å². The standard InChI is InChI=1S/C24H25Cl2N3O2S/c25-17-8-9-18(20(26)14-17)24(31)27-10-13-29-15-22(19-6-2-3-7-21(19)29)32-16-23(30)28-11-4-1-5-12-28/h2-3,6-9,14-15H,1,4-5,10-13,16H2,(H,27,31). The number of piperidine rings is 1. The van der Waals surface area contributed by atoms with E-state index in [1.165, 1.54) is 6.42 Å². The first-order valence-corrected chi connectivity index (χ1v) is 12.5. The van der Waals surface area contributed by atoms with Crippen molar-refractivity contribution >= 4 is 57.7 Å². The summed E-state index contributed by atoms with van der Waals surface area (Å²) in [5.41, 5.74) is 1.49. The van der Waals surface area contributed by atoms with Crippen molar-refractivity contribution in [1.29, 1.82) is 0 Å². The van der Waals surface area contributed by atoms with Gasteiger partial charge in [-0.2, -0.15) is 0 Å². The van der Waals surface area contributed by atoms with Crippen LogP contribution in [0.3, 0.4) is 0 Å². The van der Waals surface area contributed by atoms with Crippen molar-refractivity contribution in [3.63, 3.8) is 0 Å². The molecule has 32 heavy (non-hydrogen) atoms. The molecule has 0 aliphatic carbocycles. The van der Waals surface area contributed by atoms with E-state index in [2.05, 4.69) is 28.2 Å². The monoisotopic (exact) mass is 489 g/mol. The van der Waals surface area contributed by atoms with Gasteiger partial charge in [-0.25, -0.2) is 0 Å². The van der Waals surface area contributed by atoms with Gasteiger partial charge in [-0.3, -0.25) is 9.59 Å². The predicted molar refractivity (Wildman–Crippen MR) is 132 cm³/mol. The van der Waals surface area contributed by atoms with Gasteiger partial charge in [0.25, 0.3) is 5.91 Å². The molecular weight excluding hydrogens is 465 g/mol. The van der Waals surface area contributed by atoms with Crippen LogP contribution in [-0.4, -0.2) is 46.7 Å². The predicted octanol–water partition coefficient (Wildman–Crippen LogP) is 5.48. The maximum absolute atomic E-state index is 12.6. The number of carbonyl (C=O) groups excluding carboxylic acids is 2. The lowest BCUT2D eigenvalue weighted by atomic mass is 10.1. The van der Waals surface area contributed by atoms with E-state index in [1.54, 1.807) is 30.0 Å². The van der Waals surface area contributed by atoms with Gasteiger partial charge in [0, 0.05) is 53.2 Å². The summed E-state index contributed by atoms with van der Waals surface area (Å²) in [5.74, 6) is 0.420. The molecule has 3 aromatic rings. The molecule has 4 rings (SSSR count). The summed E-state index contributed by atoms with van der Waals surface area (Å²) < 4.78 is 2.12. The number of fused-ring (bicyclic) bond motifs is 1. The molecule has 2 heterocycles. The second-order valence-corrected chi connectivity index (χ2v) is 9.67. The van der Waals surface area contributed by atoms with Gasteiger partial charge in [0.2, 0.25) is 5.91 Å². The first kappa shape index (κ1) is 23.0. The zero-order valence-electron chi connectivity index (χ0n) is 17.7. The fourth-order valence-corrected chi connectivity index (χ4v) is 5.43. The van der Waals surface area contributed by atoms with Crippen molar-refractivity contribution < 1.29 is 9.59 Å². The van der Waals surface area contributed by atoms with Crippen LogP contribution in [0.4, 0.5) is 0 Å². The molecular formula is C24H25Cl2N3O2S. The second-order valence-electron chi connectivity index (χ2n) is 7.81. The maximum atomic E-state index is 12.6. The SMILES string of the molecule is O=C(NCCn1cc(SCC(=O)N2CCCCC2)c2ccccc21)c1ccc(Cl)cc1Cl. The van der Waals surface area contributed by atoms with Gasteiger partial charge in [-0.1, -0.05) is 41.4 Å². The topological polar surface area (TPSA) is 54.3 Å². The van der Waals surface area contributed by atoms with Crippen molar-refractivity contribution in [2.75, 3.05) is 25.4 Å². The lowest BCUT2D eigenvalue weighted by molar-refractivity contribution is -0.129. The minimum atomic E-state index is -0.232. The molecule has 168 valence electrons. The molecule has 1 aliphatic rings. The normalized spacial score (nSPS) is 14.0. The van der Waals surface area contributed by atoms with Crippen molar-refractivity contribution in [2.24, 2.45) is 0 Å². The van der Waals surface area contributed by atoms with Crippen LogP contribution >= 0.6 is 35.0 Å². The molecule has 1 aromatic heterocycles. The van der Waals surface area contributed by atoms with E-state index in [9.17, 15) is 9.59 Å². The molecule has 1 N–H and O–H groups in total. The molecule has 0 spiro atoms. The van der Waals surface area contributed by atoms with Crippen LogP contribution in [0.15, 0.2) is 53.6 Å². The van der Waals surface area contributed by atoms with Gasteiger partial charge in [0.05, 0.1) is 16.3 Å². The van der Waals surface area contributed by atoms with Crippen molar-refractivity contribution in [3.05, 3.63) is 64.3 Å². The number of hydrogen-bond acceptors (Lipinski definition) is 3. The zero-order valence-corrected chi connectivity index (χ0v) is 20.0. The Bertz CT molecular complexity index is 1130. The smallest absolute Gasteiger partial charge is 0.252 e. The zero-order chi connectivity index (χ0) is 22.5. The molecule has 0 saturated carbocycles. The first-order valence-electron chi connectivity index (χ1n) is 10.7. The summed E-state index contributed by atoms with van der Waals surface area (Å²) in [5, 5.41) is 4.87. The van der Waals surface area contributed by atoms with E-state index in [-0.39, 0.29) is 11.8 Å². The minimum absolute atomic E-state index is 0.207. The van der Waals surface area contributed by atoms with Crippen molar-refractivity contribution in [2.45, 2.75) is 30.7 Å². The van der Waals surface area contributed by atoms with Crippen LogP contribution in [0.1, 0.15) is 29.6 Å². The number of thioether (sulfide) groups is 1. The first-order chi connectivity index (χ1) is 15.5. The summed E-state index contributed by atoms with van der Waals surface area (Å²) in [4.78, 5) is 28.1. The molecule has 8 heteroatoms. The molecule has 1 saturated heterocycles. The number of nitrogens with zero attached hydrogens (tertiary/aromatic N) is 2. The van der Waals surface area contributed by atoms with Crippen LogP contribution in [0.5, 0.6) is 0 Å². The van der Waals surface area contributed by atoms with Gasteiger partial charge in [-0.15, -0.1) is 11.8 Å². The van der Waals surface area contributed by atoms with Crippen molar-refractivity contribution in [1.82, 2.24) is 14.8 Å². The number of nitrogens with one attached hydrogen (secondary N) is 1. The van der Waals surface area contributed by atoms with E-state index in [4.69, 9.17) is 23.2 Å². The molecule has 2 aromatic carbocycles. The summed E-state index contributed by atoms with van der Waals surface area (Å²) in [6.45, 7) is 2.81. The number of aromatic nitrogens is 1. The average Bonchev–Trinajstić information content (AvgIpc) is 3.15. The van der Waals surface area contributed by atoms with E-state index < -0.39 is 0 Å². The van der Waals surface area contributed by atoms with E-state index in [0.717, 1.165) is 41.7 Å². The van der Waals surface area contributed by atoms with E-state index in [0.29, 0.717) is 34.5 Å². The third kappa shape index (κ3) is 5.42. The van der Waals surface area contributed by atoms with Crippen LogP contribution in [0.2, 0.25) is 10.0 Å². The van der Waals surface area contributed by atoms with Gasteiger partial charge < -0.3 is 14.8 Å². The number of benzene rings is 2. The van der Waals surface area contributed by atoms with Crippen LogP contribution in [0, 0.1) is 0 Å². The molecule has 0 unspecified atom stereocenters. The Balaban J connectivity index is 1.39. The van der Waals surface area contributed by atoms with Crippen molar-refractivity contribution in [3.8, 4) is 0 Å². The molecule has 0 radical (unpaired) electrons. The summed E-state index contributed by atoms with van der Waals surface area (Å²) in [6, 6.07) is 13.0.